The van der Waals surface area contributed by atoms with E-state index in [4.69, 9.17) is 11.6 Å². The number of hydrogen-bond acceptors (Lipinski definition) is 3. The molecule has 1 N–H and O–H groups in total. The zero-order valence-electron chi connectivity index (χ0n) is 11.4. The number of pyridine rings is 1. The minimum atomic E-state index is 0.475. The normalized spacial score (nSPS) is 19.8. The van der Waals surface area contributed by atoms with Crippen molar-refractivity contribution in [1.29, 1.82) is 0 Å². The second-order valence-corrected chi connectivity index (χ2v) is 5.93. The van der Waals surface area contributed by atoms with Crippen molar-refractivity contribution in [3.63, 3.8) is 0 Å². The molecule has 1 unspecified atom stereocenters. The van der Waals surface area contributed by atoms with Gasteiger partial charge in [-0.05, 0) is 24.0 Å². The van der Waals surface area contributed by atoms with Gasteiger partial charge in [0.25, 0.3) is 0 Å². The Kier molecular flexibility index (Phi) is 4.46. The molecule has 2 heterocycles. The highest BCUT2D eigenvalue weighted by atomic mass is 35.5. The van der Waals surface area contributed by atoms with Crippen LogP contribution in [0.2, 0.25) is 5.02 Å². The molecule has 1 fully saturated rings. The molecule has 1 saturated heterocycles. The lowest BCUT2D eigenvalue weighted by atomic mass is 10.2. The fraction of sp³-hybridized carbons (Fsp3) is 0.643. The Bertz CT molecular complexity index is 406. The molecule has 0 bridgehead atoms. The smallest absolute Gasteiger partial charge is 0.147 e. The molecule has 4 heteroatoms. The van der Waals surface area contributed by atoms with Crippen molar-refractivity contribution in [3.05, 3.63) is 22.8 Å². The molecule has 1 aliphatic heterocycles. The van der Waals surface area contributed by atoms with Gasteiger partial charge in [0.05, 0.1) is 5.02 Å². The number of anilines is 1. The monoisotopic (exact) mass is 267 g/mol. The Morgan fingerprint density at radius 3 is 2.89 bits per heavy atom. The molecule has 0 radical (unpaired) electrons. The summed E-state index contributed by atoms with van der Waals surface area (Å²) in [6.45, 7) is 9.49. The zero-order valence-corrected chi connectivity index (χ0v) is 12.2. The van der Waals surface area contributed by atoms with E-state index in [1.807, 2.05) is 12.3 Å². The van der Waals surface area contributed by atoms with Crippen LogP contribution in [-0.4, -0.2) is 24.1 Å². The number of hydrogen-bond donors (Lipinski definition) is 1. The Hall–Kier alpha value is -0.800. The molecule has 0 aromatic carbocycles. The first-order valence-electron chi connectivity index (χ1n) is 6.69. The molecule has 3 nitrogen and oxygen atoms in total. The predicted octanol–water partition coefficient (Wildman–Crippen LogP) is 3.08. The van der Waals surface area contributed by atoms with Crippen molar-refractivity contribution in [2.75, 3.05) is 18.0 Å². The van der Waals surface area contributed by atoms with E-state index in [1.165, 1.54) is 6.42 Å². The van der Waals surface area contributed by atoms with Crippen LogP contribution in [0.1, 0.15) is 32.8 Å². The van der Waals surface area contributed by atoms with Gasteiger partial charge in [-0.15, -0.1) is 0 Å². The van der Waals surface area contributed by atoms with Crippen LogP contribution < -0.4 is 10.2 Å². The average molecular weight is 268 g/mol. The number of rotatable bonds is 4. The standard InChI is InChI=1S/C14H22ClN3/c1-10(2)16-7-12-6-13(15)14(17-8-12)18-5-4-11(3)9-18/h6,8,10-11,16H,4-5,7,9H2,1-3H3. The highest BCUT2D eigenvalue weighted by Crippen LogP contribution is 2.28. The van der Waals surface area contributed by atoms with E-state index in [2.05, 4.69) is 36.0 Å². The highest BCUT2D eigenvalue weighted by Gasteiger charge is 2.21. The minimum absolute atomic E-state index is 0.475. The molecule has 0 amide bonds. The van der Waals surface area contributed by atoms with Gasteiger partial charge in [0.2, 0.25) is 0 Å². The van der Waals surface area contributed by atoms with Gasteiger partial charge in [-0.2, -0.15) is 0 Å². The van der Waals surface area contributed by atoms with E-state index < -0.39 is 0 Å². The van der Waals surface area contributed by atoms with Gasteiger partial charge in [0.15, 0.2) is 0 Å². The van der Waals surface area contributed by atoms with Gasteiger partial charge in [-0.3, -0.25) is 0 Å². The molecule has 2 rings (SSSR count). The zero-order chi connectivity index (χ0) is 13.1. The Balaban J connectivity index is 2.05. The first-order chi connectivity index (χ1) is 8.56. The van der Waals surface area contributed by atoms with Crippen LogP contribution in [0.4, 0.5) is 5.82 Å². The maximum Gasteiger partial charge on any atom is 0.147 e. The number of nitrogens with one attached hydrogen (secondary N) is 1. The molecule has 0 aliphatic carbocycles. The predicted molar refractivity (Wildman–Crippen MR) is 77.2 cm³/mol. The van der Waals surface area contributed by atoms with Gasteiger partial charge < -0.3 is 10.2 Å². The van der Waals surface area contributed by atoms with E-state index in [9.17, 15) is 0 Å². The third-order valence-corrected chi connectivity index (χ3v) is 3.59. The summed E-state index contributed by atoms with van der Waals surface area (Å²) in [6.07, 6.45) is 3.16. The molecule has 0 saturated carbocycles. The summed E-state index contributed by atoms with van der Waals surface area (Å²) < 4.78 is 0. The fourth-order valence-corrected chi connectivity index (χ4v) is 2.56. The lowest BCUT2D eigenvalue weighted by molar-refractivity contribution is 0.588. The summed E-state index contributed by atoms with van der Waals surface area (Å²) in [4.78, 5) is 6.81. The molecule has 18 heavy (non-hydrogen) atoms. The highest BCUT2D eigenvalue weighted by molar-refractivity contribution is 6.33. The summed E-state index contributed by atoms with van der Waals surface area (Å²) in [5, 5.41) is 4.14. The summed E-state index contributed by atoms with van der Waals surface area (Å²) in [5.74, 6) is 1.68. The van der Waals surface area contributed by atoms with Gasteiger partial charge in [0, 0.05) is 31.9 Å². The second-order valence-electron chi connectivity index (χ2n) is 5.52. The topological polar surface area (TPSA) is 28.2 Å². The minimum Gasteiger partial charge on any atom is -0.355 e. The van der Waals surface area contributed by atoms with Gasteiger partial charge in [0.1, 0.15) is 5.82 Å². The van der Waals surface area contributed by atoms with Crippen molar-refractivity contribution in [2.24, 2.45) is 5.92 Å². The first kappa shape index (κ1) is 13.6. The molecule has 1 aliphatic rings. The van der Waals surface area contributed by atoms with Crippen molar-refractivity contribution in [2.45, 2.75) is 39.8 Å². The van der Waals surface area contributed by atoms with Gasteiger partial charge in [-0.1, -0.05) is 32.4 Å². The quantitative estimate of drug-likeness (QED) is 0.909. The summed E-state index contributed by atoms with van der Waals surface area (Å²) in [5.41, 5.74) is 1.14. The van der Waals surface area contributed by atoms with Gasteiger partial charge >= 0.3 is 0 Å². The van der Waals surface area contributed by atoms with Crippen LogP contribution in [0.3, 0.4) is 0 Å². The lowest BCUT2D eigenvalue weighted by Gasteiger charge is -2.19. The van der Waals surface area contributed by atoms with E-state index in [1.54, 1.807) is 0 Å². The van der Waals surface area contributed by atoms with Crippen LogP contribution in [-0.2, 0) is 6.54 Å². The van der Waals surface area contributed by atoms with Crippen molar-refractivity contribution < 1.29 is 0 Å². The number of nitrogens with zero attached hydrogens (tertiary/aromatic N) is 2. The SMILES string of the molecule is CC1CCN(c2ncc(CNC(C)C)cc2Cl)C1. The third-order valence-electron chi connectivity index (χ3n) is 3.32. The second kappa shape index (κ2) is 5.89. The van der Waals surface area contributed by atoms with Gasteiger partial charge in [-0.25, -0.2) is 4.98 Å². The van der Waals surface area contributed by atoms with Crippen LogP contribution in [0, 0.1) is 5.92 Å². The average Bonchev–Trinajstić information content (AvgIpc) is 2.73. The summed E-state index contributed by atoms with van der Waals surface area (Å²) in [7, 11) is 0. The number of aromatic nitrogens is 1. The van der Waals surface area contributed by atoms with Crippen molar-refractivity contribution >= 4 is 17.4 Å². The summed E-state index contributed by atoms with van der Waals surface area (Å²) >= 11 is 6.34. The molecule has 0 spiro atoms. The maximum absolute atomic E-state index is 6.34. The molecule has 1 atom stereocenters. The molecule has 1 aromatic rings. The first-order valence-corrected chi connectivity index (χ1v) is 7.07. The fourth-order valence-electron chi connectivity index (χ4n) is 2.25. The molecule has 100 valence electrons. The Morgan fingerprint density at radius 2 is 2.33 bits per heavy atom. The largest absolute Gasteiger partial charge is 0.355 e. The Labute approximate surface area is 115 Å². The lowest BCUT2D eigenvalue weighted by Crippen LogP contribution is -2.23. The van der Waals surface area contributed by atoms with Crippen LogP contribution >= 0.6 is 11.6 Å². The molecular formula is C14H22ClN3. The van der Waals surface area contributed by atoms with Crippen molar-refractivity contribution in [1.82, 2.24) is 10.3 Å². The van der Waals surface area contributed by atoms with Crippen molar-refractivity contribution in [3.8, 4) is 0 Å². The third kappa shape index (κ3) is 3.36. The molecular weight excluding hydrogens is 246 g/mol. The Morgan fingerprint density at radius 1 is 1.56 bits per heavy atom. The van der Waals surface area contributed by atoms with E-state index in [-0.39, 0.29) is 0 Å². The van der Waals surface area contributed by atoms with E-state index in [0.717, 1.165) is 42.0 Å². The van der Waals surface area contributed by atoms with Crippen LogP contribution in [0.25, 0.3) is 0 Å². The van der Waals surface area contributed by atoms with Crippen LogP contribution in [0.5, 0.6) is 0 Å². The van der Waals surface area contributed by atoms with E-state index >= 15 is 0 Å². The van der Waals surface area contributed by atoms with E-state index in [0.29, 0.717) is 6.04 Å². The maximum atomic E-state index is 6.34. The summed E-state index contributed by atoms with van der Waals surface area (Å²) in [6, 6.07) is 2.50. The molecule has 1 aromatic heterocycles. The number of halogens is 1. The van der Waals surface area contributed by atoms with Crippen LogP contribution in [0.15, 0.2) is 12.3 Å².